The lowest BCUT2D eigenvalue weighted by molar-refractivity contribution is 0.346. The van der Waals surface area contributed by atoms with E-state index in [4.69, 9.17) is 5.26 Å². The van der Waals surface area contributed by atoms with E-state index in [1.54, 1.807) is 24.5 Å². The van der Waals surface area contributed by atoms with Crippen LogP contribution in [0.25, 0.3) is 22.3 Å². The molecule has 0 atom stereocenters. The first-order chi connectivity index (χ1) is 15.9. The Labute approximate surface area is 191 Å². The Hall–Kier alpha value is -3.81. The quantitative estimate of drug-likeness (QED) is 0.403. The van der Waals surface area contributed by atoms with Crippen molar-refractivity contribution in [1.29, 1.82) is 5.26 Å². The number of rotatable bonds is 6. The molecule has 1 aliphatic rings. The van der Waals surface area contributed by atoms with Crippen LogP contribution >= 0.6 is 0 Å². The van der Waals surface area contributed by atoms with E-state index in [-0.39, 0.29) is 17.0 Å². The second-order valence-electron chi connectivity index (χ2n) is 8.05. The number of nitrogens with one attached hydrogen (secondary N) is 3. The highest BCUT2D eigenvalue weighted by Gasteiger charge is 2.33. The van der Waals surface area contributed by atoms with Crippen molar-refractivity contribution in [3.05, 3.63) is 66.4 Å². The summed E-state index contributed by atoms with van der Waals surface area (Å²) in [5.41, 5.74) is 3.62. The molecule has 33 heavy (non-hydrogen) atoms. The number of hydrogen-bond acceptors (Lipinski definition) is 7. The number of aromatic nitrogens is 4. The topological polar surface area (TPSA) is 136 Å². The number of anilines is 1. The van der Waals surface area contributed by atoms with Gasteiger partial charge in [0.25, 0.3) is 0 Å². The number of pyridine rings is 1. The lowest BCUT2D eigenvalue weighted by Gasteiger charge is -2.37. The van der Waals surface area contributed by atoms with Crippen molar-refractivity contribution in [2.75, 3.05) is 5.32 Å². The zero-order chi connectivity index (χ0) is 23.0. The third kappa shape index (κ3) is 4.16. The maximum atomic E-state index is 12.7. The molecule has 166 valence electrons. The van der Waals surface area contributed by atoms with E-state index in [2.05, 4.69) is 30.0 Å². The minimum absolute atomic E-state index is 0.0883. The first-order valence-corrected chi connectivity index (χ1v) is 12.0. The van der Waals surface area contributed by atoms with E-state index in [9.17, 15) is 8.42 Å². The summed E-state index contributed by atoms with van der Waals surface area (Å²) in [5, 5.41) is 13.5. The minimum Gasteiger partial charge on any atom is -0.381 e. The third-order valence-corrected chi connectivity index (χ3v) is 7.24. The van der Waals surface area contributed by atoms with Gasteiger partial charge in [-0.2, -0.15) is 5.26 Å². The molecule has 4 aromatic rings. The summed E-state index contributed by atoms with van der Waals surface area (Å²) in [6.07, 6.45) is 6.61. The summed E-state index contributed by atoms with van der Waals surface area (Å²) in [5.74, 6) is 0.672. The maximum absolute atomic E-state index is 12.7. The molecule has 0 aliphatic heterocycles. The molecule has 1 aromatic carbocycles. The molecule has 3 N–H and O–H groups in total. The molecule has 1 saturated carbocycles. The SMILES string of the molecule is Cc1nccc(-c2cnc3[nH]ccc3c2N[C@H]2C[C@@H](NS(=O)(=O)c3cccc(C#N)c3)C2)n1. The second kappa shape index (κ2) is 8.27. The van der Waals surface area contributed by atoms with E-state index in [1.807, 2.05) is 31.3 Å². The summed E-state index contributed by atoms with van der Waals surface area (Å²) in [7, 11) is -3.69. The van der Waals surface area contributed by atoms with Crippen LogP contribution in [0.15, 0.2) is 59.9 Å². The van der Waals surface area contributed by atoms with Crippen LogP contribution in [0.4, 0.5) is 5.69 Å². The Kier molecular flexibility index (Phi) is 5.28. The Morgan fingerprint density at radius 2 is 2.00 bits per heavy atom. The molecule has 0 bridgehead atoms. The van der Waals surface area contributed by atoms with Gasteiger partial charge in [0.15, 0.2) is 0 Å². The van der Waals surface area contributed by atoms with Crippen molar-refractivity contribution >= 4 is 26.7 Å². The highest BCUT2D eigenvalue weighted by Crippen LogP contribution is 2.35. The molecule has 10 heteroatoms. The predicted molar refractivity (Wildman–Crippen MR) is 124 cm³/mol. The number of hydrogen-bond donors (Lipinski definition) is 3. The van der Waals surface area contributed by atoms with Crippen LogP contribution in [-0.4, -0.2) is 40.4 Å². The molecule has 0 spiro atoms. The molecule has 0 amide bonds. The predicted octanol–water partition coefficient (Wildman–Crippen LogP) is 3.12. The number of nitrogens with zero attached hydrogens (tertiary/aromatic N) is 4. The zero-order valence-corrected chi connectivity index (χ0v) is 18.6. The van der Waals surface area contributed by atoms with Gasteiger partial charge in [-0.3, -0.25) is 0 Å². The van der Waals surface area contributed by atoms with Crippen LogP contribution in [0, 0.1) is 18.3 Å². The monoisotopic (exact) mass is 459 g/mol. The van der Waals surface area contributed by atoms with Crippen LogP contribution in [0.1, 0.15) is 24.2 Å². The van der Waals surface area contributed by atoms with Crippen LogP contribution in [0.3, 0.4) is 0 Å². The average molecular weight is 460 g/mol. The third-order valence-electron chi connectivity index (χ3n) is 5.72. The number of benzene rings is 1. The van der Waals surface area contributed by atoms with E-state index < -0.39 is 10.0 Å². The molecule has 0 saturated heterocycles. The lowest BCUT2D eigenvalue weighted by atomic mass is 9.87. The van der Waals surface area contributed by atoms with Gasteiger partial charge in [-0.1, -0.05) is 6.07 Å². The number of sulfonamides is 1. The number of aromatic amines is 1. The number of aryl methyl sites for hydroxylation is 1. The summed E-state index contributed by atoms with van der Waals surface area (Å²) in [4.78, 5) is 16.4. The second-order valence-corrected chi connectivity index (χ2v) is 9.76. The van der Waals surface area contributed by atoms with E-state index in [0.29, 0.717) is 24.2 Å². The molecule has 3 heterocycles. The fourth-order valence-corrected chi connectivity index (χ4v) is 5.33. The van der Waals surface area contributed by atoms with Gasteiger partial charge in [0.2, 0.25) is 10.0 Å². The number of nitriles is 1. The Balaban J connectivity index is 1.34. The van der Waals surface area contributed by atoms with Crippen molar-refractivity contribution in [2.45, 2.75) is 36.7 Å². The van der Waals surface area contributed by atoms with Crippen molar-refractivity contribution in [1.82, 2.24) is 24.7 Å². The Bertz CT molecular complexity index is 1480. The van der Waals surface area contributed by atoms with Crippen molar-refractivity contribution in [3.63, 3.8) is 0 Å². The Morgan fingerprint density at radius 3 is 2.79 bits per heavy atom. The molecule has 9 nitrogen and oxygen atoms in total. The highest BCUT2D eigenvalue weighted by atomic mass is 32.2. The van der Waals surface area contributed by atoms with Gasteiger partial charge in [-0.05, 0) is 50.1 Å². The largest absolute Gasteiger partial charge is 0.381 e. The number of H-pyrrole nitrogens is 1. The standard InChI is InChI=1S/C23H21N7O2S/c1-14-25-8-6-21(28-14)20-13-27-23-19(5-7-26-23)22(20)29-16-10-17(11-16)30-33(31,32)18-4-2-3-15(9-18)12-24/h2-9,13,16-17,30H,10-11H2,1H3,(H2,26,27,29)/t16-,17+. The van der Waals surface area contributed by atoms with Crippen LogP contribution in [0.5, 0.6) is 0 Å². The van der Waals surface area contributed by atoms with Gasteiger partial charge in [0.1, 0.15) is 11.5 Å². The van der Waals surface area contributed by atoms with Crippen molar-refractivity contribution in [2.24, 2.45) is 0 Å². The van der Waals surface area contributed by atoms with Gasteiger partial charge in [0.05, 0.1) is 27.9 Å². The smallest absolute Gasteiger partial charge is 0.240 e. The summed E-state index contributed by atoms with van der Waals surface area (Å²) >= 11 is 0. The van der Waals surface area contributed by atoms with E-state index in [0.717, 1.165) is 28.0 Å². The minimum atomic E-state index is -3.69. The first-order valence-electron chi connectivity index (χ1n) is 10.5. The van der Waals surface area contributed by atoms with Gasteiger partial charge in [0, 0.05) is 41.6 Å². The fraction of sp³-hybridized carbons (Fsp3) is 0.217. The van der Waals surface area contributed by atoms with Gasteiger partial charge < -0.3 is 10.3 Å². The molecule has 1 aliphatic carbocycles. The maximum Gasteiger partial charge on any atom is 0.240 e. The molecule has 5 rings (SSSR count). The summed E-state index contributed by atoms with van der Waals surface area (Å²) in [6, 6.07) is 11.7. The lowest BCUT2D eigenvalue weighted by Crippen LogP contribution is -2.49. The van der Waals surface area contributed by atoms with Gasteiger partial charge >= 0.3 is 0 Å². The van der Waals surface area contributed by atoms with Gasteiger partial charge in [-0.25, -0.2) is 28.1 Å². The van der Waals surface area contributed by atoms with E-state index >= 15 is 0 Å². The first kappa shape index (κ1) is 21.1. The molecule has 0 unspecified atom stereocenters. The van der Waals surface area contributed by atoms with Crippen LogP contribution < -0.4 is 10.0 Å². The molecule has 3 aromatic heterocycles. The summed E-state index contributed by atoms with van der Waals surface area (Å²) < 4.78 is 28.2. The molecular weight excluding hydrogens is 438 g/mol. The normalized spacial score (nSPS) is 17.9. The number of fused-ring (bicyclic) bond motifs is 1. The zero-order valence-electron chi connectivity index (χ0n) is 17.8. The summed E-state index contributed by atoms with van der Waals surface area (Å²) in [6.45, 7) is 1.84. The Morgan fingerprint density at radius 1 is 1.15 bits per heavy atom. The van der Waals surface area contributed by atoms with Crippen molar-refractivity contribution < 1.29 is 8.42 Å². The molecule has 1 fully saturated rings. The van der Waals surface area contributed by atoms with Gasteiger partial charge in [-0.15, -0.1) is 0 Å². The molecule has 0 radical (unpaired) electrons. The average Bonchev–Trinajstić information content (AvgIpc) is 3.27. The fourth-order valence-electron chi connectivity index (χ4n) is 4.02. The van der Waals surface area contributed by atoms with Crippen LogP contribution in [0.2, 0.25) is 0 Å². The van der Waals surface area contributed by atoms with Crippen LogP contribution in [-0.2, 0) is 10.0 Å². The van der Waals surface area contributed by atoms with Crippen molar-refractivity contribution in [3.8, 4) is 17.3 Å². The highest BCUT2D eigenvalue weighted by molar-refractivity contribution is 7.89. The molecular formula is C23H21N7O2S. The van der Waals surface area contributed by atoms with E-state index in [1.165, 1.54) is 12.1 Å².